The minimum atomic E-state index is 0.955. The first-order chi connectivity index (χ1) is 13.9. The van der Waals surface area contributed by atoms with Crippen LogP contribution in [-0.2, 0) is 0 Å². The summed E-state index contributed by atoms with van der Waals surface area (Å²) < 4.78 is 5.76. The fourth-order valence-corrected chi connectivity index (χ4v) is 4.99. The van der Waals surface area contributed by atoms with Crippen LogP contribution in [0.2, 0.25) is 0 Å². The molecule has 4 aromatic carbocycles. The maximum Gasteiger partial charge on any atom is 0.141 e. The van der Waals surface area contributed by atoms with Crippen LogP contribution in [0, 0.1) is 0 Å². The summed E-state index contributed by atoms with van der Waals surface area (Å²) in [7, 11) is 0. The number of anilines is 2. The number of fused-ring (bicyclic) bond motifs is 4. The number of hydrogen-bond donors (Lipinski definition) is 1. The summed E-state index contributed by atoms with van der Waals surface area (Å²) in [5.41, 5.74) is 2.41. The Bertz CT molecular complexity index is 877. The Kier molecular flexibility index (Phi) is 4.73. The molecular weight excluding hydrogens is 382 g/mol. The molecule has 0 aromatic heterocycles. The van der Waals surface area contributed by atoms with Crippen molar-refractivity contribution in [1.29, 1.82) is 0 Å². The minimum Gasteiger partial charge on any atom is -0.455 e. The molecule has 28 heavy (non-hydrogen) atoms. The van der Waals surface area contributed by atoms with Crippen molar-refractivity contribution in [3.05, 3.63) is 97.1 Å². The molecule has 0 fully saturated rings. The van der Waals surface area contributed by atoms with Crippen LogP contribution in [0.3, 0.4) is 0 Å². The fourth-order valence-electron chi connectivity index (χ4n) is 3.06. The molecule has 0 atom stereocenters. The predicted molar refractivity (Wildman–Crippen MR) is 117 cm³/mol. The molecule has 0 spiro atoms. The van der Waals surface area contributed by atoms with Gasteiger partial charge in [-0.2, -0.15) is 0 Å². The van der Waals surface area contributed by atoms with Crippen molar-refractivity contribution in [3.63, 3.8) is 0 Å². The first-order valence-corrected chi connectivity index (χ1v) is 10.7. The average Bonchev–Trinajstić information content (AvgIpc) is 2.76. The Balaban J connectivity index is 0.000000122. The summed E-state index contributed by atoms with van der Waals surface area (Å²) in [5, 5.41) is 3.42. The van der Waals surface area contributed by atoms with E-state index in [0.29, 0.717) is 0 Å². The maximum absolute atomic E-state index is 5.76. The van der Waals surface area contributed by atoms with Gasteiger partial charge in [0.2, 0.25) is 0 Å². The average molecular weight is 400 g/mol. The third-order valence-corrected chi connectivity index (χ3v) is 6.67. The van der Waals surface area contributed by atoms with E-state index >= 15 is 0 Å². The van der Waals surface area contributed by atoms with Gasteiger partial charge in [0, 0.05) is 9.79 Å². The molecular formula is C24H17NOS2. The predicted octanol–water partition coefficient (Wildman–Crippen LogP) is 7.84. The molecule has 0 amide bonds. The lowest BCUT2D eigenvalue weighted by atomic mass is 10.2. The van der Waals surface area contributed by atoms with Crippen LogP contribution < -0.4 is 10.1 Å². The number of rotatable bonds is 0. The minimum absolute atomic E-state index is 0.955. The zero-order chi connectivity index (χ0) is 18.8. The Morgan fingerprint density at radius 1 is 0.464 bits per heavy atom. The van der Waals surface area contributed by atoms with E-state index in [1.165, 1.54) is 31.0 Å². The summed E-state index contributed by atoms with van der Waals surface area (Å²) in [4.78, 5) is 4.97. The first kappa shape index (κ1) is 17.3. The summed E-state index contributed by atoms with van der Waals surface area (Å²) in [5.74, 6) is 1.91. The molecule has 0 aliphatic carbocycles. The second kappa shape index (κ2) is 7.66. The second-order valence-corrected chi connectivity index (χ2v) is 8.48. The second-order valence-electron chi connectivity index (χ2n) is 6.32. The van der Waals surface area contributed by atoms with Gasteiger partial charge in [-0.3, -0.25) is 0 Å². The third-order valence-electron chi connectivity index (χ3n) is 4.40. The highest BCUT2D eigenvalue weighted by molar-refractivity contribution is 8.00. The standard InChI is InChI=1S/C12H9NS.C12H8OS/c2*1-3-7-11-9(5-1)13-10-6-2-4-8-12(10)14-11/h1-8,13H;1-8H. The van der Waals surface area contributed by atoms with Crippen LogP contribution in [0.4, 0.5) is 11.4 Å². The van der Waals surface area contributed by atoms with Crippen LogP contribution in [0.5, 0.6) is 11.5 Å². The van der Waals surface area contributed by atoms with E-state index < -0.39 is 0 Å². The number of hydrogen-bond acceptors (Lipinski definition) is 4. The van der Waals surface area contributed by atoms with Gasteiger partial charge in [-0.1, -0.05) is 72.1 Å². The Morgan fingerprint density at radius 2 is 0.857 bits per heavy atom. The Hall–Kier alpha value is -2.82. The zero-order valence-electron chi connectivity index (χ0n) is 15.0. The molecule has 0 bridgehead atoms. The van der Waals surface area contributed by atoms with Crippen molar-refractivity contribution in [2.24, 2.45) is 0 Å². The zero-order valence-corrected chi connectivity index (χ0v) is 16.6. The van der Waals surface area contributed by atoms with E-state index in [9.17, 15) is 0 Å². The van der Waals surface area contributed by atoms with Gasteiger partial charge >= 0.3 is 0 Å². The molecule has 6 rings (SSSR count). The molecule has 4 heteroatoms. The Morgan fingerprint density at radius 3 is 1.39 bits per heavy atom. The number of para-hydroxylation sites is 4. The van der Waals surface area contributed by atoms with Crippen LogP contribution in [0.1, 0.15) is 0 Å². The van der Waals surface area contributed by atoms with Crippen LogP contribution >= 0.6 is 23.5 Å². The molecule has 2 nitrogen and oxygen atoms in total. The first-order valence-electron chi connectivity index (χ1n) is 9.03. The molecule has 2 heterocycles. The molecule has 0 saturated heterocycles. The van der Waals surface area contributed by atoms with Crippen LogP contribution in [0.15, 0.2) is 117 Å². The number of nitrogens with one attached hydrogen (secondary N) is 1. The Labute approximate surface area is 173 Å². The van der Waals surface area contributed by atoms with Gasteiger partial charge in [-0.25, -0.2) is 0 Å². The quantitative estimate of drug-likeness (QED) is 0.281. The van der Waals surface area contributed by atoms with Gasteiger partial charge in [0.05, 0.1) is 21.2 Å². The monoisotopic (exact) mass is 399 g/mol. The normalized spacial score (nSPS) is 12.6. The molecule has 1 N–H and O–H groups in total. The number of ether oxygens (including phenoxy) is 1. The van der Waals surface area contributed by atoms with Gasteiger partial charge in [0.25, 0.3) is 0 Å². The van der Waals surface area contributed by atoms with Gasteiger partial charge in [-0.05, 0) is 48.5 Å². The smallest absolute Gasteiger partial charge is 0.141 e. The number of benzene rings is 4. The van der Waals surface area contributed by atoms with Crippen molar-refractivity contribution >= 4 is 34.9 Å². The molecule has 2 aliphatic rings. The van der Waals surface area contributed by atoms with Crippen molar-refractivity contribution in [2.75, 3.05) is 5.32 Å². The van der Waals surface area contributed by atoms with Crippen LogP contribution in [-0.4, -0.2) is 0 Å². The van der Waals surface area contributed by atoms with Crippen LogP contribution in [0.25, 0.3) is 0 Å². The topological polar surface area (TPSA) is 21.3 Å². The van der Waals surface area contributed by atoms with Crippen molar-refractivity contribution in [2.45, 2.75) is 19.6 Å². The van der Waals surface area contributed by atoms with E-state index in [1.54, 1.807) is 11.8 Å². The highest BCUT2D eigenvalue weighted by atomic mass is 32.2. The van der Waals surface area contributed by atoms with E-state index in [1.807, 2.05) is 48.2 Å². The van der Waals surface area contributed by atoms with E-state index in [2.05, 4.69) is 66.0 Å². The lowest BCUT2D eigenvalue weighted by Crippen LogP contribution is -1.98. The summed E-state index contributed by atoms with van der Waals surface area (Å²) in [6.07, 6.45) is 0. The molecule has 136 valence electrons. The molecule has 2 aliphatic heterocycles. The van der Waals surface area contributed by atoms with E-state index in [-0.39, 0.29) is 0 Å². The highest BCUT2D eigenvalue weighted by Gasteiger charge is 2.16. The molecule has 4 aromatic rings. The fraction of sp³-hybridized carbons (Fsp3) is 0. The van der Waals surface area contributed by atoms with Crippen molar-refractivity contribution < 1.29 is 4.74 Å². The SMILES string of the molecule is c1ccc2c(c1)Nc1ccccc1S2.c1ccc2c(c1)Oc1ccccc1S2. The van der Waals surface area contributed by atoms with Crippen molar-refractivity contribution in [3.8, 4) is 11.5 Å². The molecule has 0 radical (unpaired) electrons. The lowest BCUT2D eigenvalue weighted by molar-refractivity contribution is 0.454. The van der Waals surface area contributed by atoms with Crippen molar-refractivity contribution in [1.82, 2.24) is 0 Å². The third kappa shape index (κ3) is 3.49. The van der Waals surface area contributed by atoms with Gasteiger partial charge < -0.3 is 10.1 Å². The molecule has 0 unspecified atom stereocenters. The summed E-state index contributed by atoms with van der Waals surface area (Å²) in [6.45, 7) is 0. The summed E-state index contributed by atoms with van der Waals surface area (Å²) >= 11 is 3.58. The highest BCUT2D eigenvalue weighted by Crippen LogP contribution is 2.46. The van der Waals surface area contributed by atoms with E-state index in [0.717, 1.165) is 11.5 Å². The summed E-state index contributed by atoms with van der Waals surface area (Å²) in [6, 6.07) is 33.0. The largest absolute Gasteiger partial charge is 0.455 e. The maximum atomic E-state index is 5.76. The van der Waals surface area contributed by atoms with Gasteiger partial charge in [0.1, 0.15) is 11.5 Å². The van der Waals surface area contributed by atoms with Gasteiger partial charge in [-0.15, -0.1) is 0 Å². The van der Waals surface area contributed by atoms with Gasteiger partial charge in [0.15, 0.2) is 0 Å². The van der Waals surface area contributed by atoms with E-state index in [4.69, 9.17) is 4.74 Å². The lowest BCUT2D eigenvalue weighted by Gasteiger charge is -2.19. The molecule has 0 saturated carbocycles.